The van der Waals surface area contributed by atoms with Crippen LogP contribution in [0.15, 0.2) is 18.2 Å². The van der Waals surface area contributed by atoms with Gasteiger partial charge in [-0.05, 0) is 58.4 Å². The molecular formula is C26H37N5O6. The number of methoxy groups -OCH3 is 2. The highest BCUT2D eigenvalue weighted by atomic mass is 16.5. The largest absolute Gasteiger partial charge is 0.497 e. The van der Waals surface area contributed by atoms with Crippen molar-refractivity contribution in [2.45, 2.75) is 46.1 Å². The number of Topliss-reactive ketones (excluding diaryl/α,β-unsaturated/α-hetero) is 1. The van der Waals surface area contributed by atoms with Crippen LogP contribution < -0.4 is 25.8 Å². The van der Waals surface area contributed by atoms with Gasteiger partial charge in [-0.15, -0.1) is 0 Å². The lowest BCUT2D eigenvalue weighted by atomic mass is 9.89. The van der Waals surface area contributed by atoms with Gasteiger partial charge in [0.15, 0.2) is 0 Å². The van der Waals surface area contributed by atoms with Crippen molar-refractivity contribution >= 4 is 23.5 Å². The minimum absolute atomic E-state index is 0.0565. The van der Waals surface area contributed by atoms with Crippen LogP contribution in [0.4, 0.5) is 5.82 Å². The summed E-state index contributed by atoms with van der Waals surface area (Å²) in [6.45, 7) is 8.51. The highest BCUT2D eigenvalue weighted by Crippen LogP contribution is 2.37. The van der Waals surface area contributed by atoms with E-state index < -0.39 is 17.2 Å². The molecule has 1 fully saturated rings. The summed E-state index contributed by atoms with van der Waals surface area (Å²) in [4.78, 5) is 38.0. The first-order chi connectivity index (χ1) is 17.5. The smallest absolute Gasteiger partial charge is 0.311 e. The number of esters is 1. The summed E-state index contributed by atoms with van der Waals surface area (Å²) < 4.78 is 17.9. The Bertz CT molecular complexity index is 1120. The summed E-state index contributed by atoms with van der Waals surface area (Å²) in [7, 11) is 3.04. The van der Waals surface area contributed by atoms with Crippen molar-refractivity contribution in [3.05, 3.63) is 35.0 Å². The normalized spacial score (nSPS) is 16.2. The zero-order valence-corrected chi connectivity index (χ0v) is 22.3. The summed E-state index contributed by atoms with van der Waals surface area (Å²) in [6, 6.07) is 5.08. The minimum atomic E-state index is -0.888. The maximum Gasteiger partial charge on any atom is 0.311 e. The number of rotatable bonds is 11. The van der Waals surface area contributed by atoms with Crippen LogP contribution in [-0.4, -0.2) is 67.9 Å². The molecule has 11 heteroatoms. The Morgan fingerprint density at radius 3 is 2.32 bits per heavy atom. The van der Waals surface area contributed by atoms with Gasteiger partial charge in [-0.3, -0.25) is 14.4 Å². The van der Waals surface area contributed by atoms with Gasteiger partial charge < -0.3 is 30.6 Å². The molecule has 3 rings (SSSR count). The van der Waals surface area contributed by atoms with E-state index in [0.29, 0.717) is 29.4 Å². The second-order valence-corrected chi connectivity index (χ2v) is 10.1. The number of aromatic nitrogens is 2. The Kier molecular flexibility index (Phi) is 8.80. The summed E-state index contributed by atoms with van der Waals surface area (Å²) in [6.07, 6.45) is 0.782. The molecule has 1 saturated heterocycles. The number of hydrogen-bond donors (Lipinski definition) is 3. The molecule has 11 nitrogen and oxygen atoms in total. The second kappa shape index (κ2) is 11.6. The van der Waals surface area contributed by atoms with Gasteiger partial charge in [0.1, 0.15) is 35.3 Å². The molecule has 0 bridgehead atoms. The summed E-state index contributed by atoms with van der Waals surface area (Å²) in [5, 5.41) is 11.3. The van der Waals surface area contributed by atoms with Crippen LogP contribution in [0, 0.1) is 5.41 Å². The third kappa shape index (κ3) is 6.40. The van der Waals surface area contributed by atoms with E-state index in [4.69, 9.17) is 25.0 Å². The number of nitrogens with one attached hydrogen (secondary N) is 2. The highest BCUT2D eigenvalue weighted by molar-refractivity contribution is 6.01. The highest BCUT2D eigenvalue weighted by Gasteiger charge is 2.34. The predicted octanol–water partition coefficient (Wildman–Crippen LogP) is 2.26. The summed E-state index contributed by atoms with van der Waals surface area (Å²) >= 11 is 0. The molecule has 2 heterocycles. The molecule has 202 valence electrons. The molecule has 1 aromatic heterocycles. The van der Waals surface area contributed by atoms with E-state index in [2.05, 4.69) is 10.6 Å². The van der Waals surface area contributed by atoms with Gasteiger partial charge in [0.2, 0.25) is 0 Å². The molecular weight excluding hydrogens is 478 g/mol. The number of benzene rings is 1. The van der Waals surface area contributed by atoms with Crippen LogP contribution in [0.25, 0.3) is 0 Å². The monoisotopic (exact) mass is 515 g/mol. The van der Waals surface area contributed by atoms with Gasteiger partial charge in [-0.2, -0.15) is 5.10 Å². The number of ether oxygens (including phenoxy) is 3. The fourth-order valence-electron chi connectivity index (χ4n) is 4.29. The number of nitrogens with zero attached hydrogens (tertiary/aromatic N) is 2. The fraction of sp³-hybridized carbons (Fsp3) is 0.538. The summed E-state index contributed by atoms with van der Waals surface area (Å²) in [5.74, 6) is -0.771. The van der Waals surface area contributed by atoms with Gasteiger partial charge in [0.25, 0.3) is 5.91 Å². The van der Waals surface area contributed by atoms with Crippen molar-refractivity contribution in [3.8, 4) is 11.5 Å². The van der Waals surface area contributed by atoms with E-state index in [1.807, 2.05) is 0 Å². The van der Waals surface area contributed by atoms with E-state index in [9.17, 15) is 14.4 Å². The Morgan fingerprint density at radius 1 is 1.19 bits per heavy atom. The van der Waals surface area contributed by atoms with Crippen LogP contribution in [0.2, 0.25) is 0 Å². The number of carbonyl (C=O) groups excluding carboxylic acids is 3. The first-order valence-corrected chi connectivity index (χ1v) is 12.2. The molecule has 0 aliphatic carbocycles. The average Bonchev–Trinajstić information content (AvgIpc) is 3.49. The first-order valence-electron chi connectivity index (χ1n) is 12.2. The maximum atomic E-state index is 13.0. The number of primary amides is 1. The average molecular weight is 516 g/mol. The number of hydrogen-bond acceptors (Lipinski definition) is 9. The van der Waals surface area contributed by atoms with Crippen molar-refractivity contribution in [1.29, 1.82) is 0 Å². The third-order valence-corrected chi connectivity index (χ3v) is 6.19. The van der Waals surface area contributed by atoms with Gasteiger partial charge >= 0.3 is 5.97 Å². The van der Waals surface area contributed by atoms with Crippen LogP contribution in [0.5, 0.6) is 11.5 Å². The number of anilines is 1. The molecule has 0 radical (unpaired) electrons. The molecule has 37 heavy (non-hydrogen) atoms. The zero-order chi connectivity index (χ0) is 27.3. The van der Waals surface area contributed by atoms with Crippen molar-refractivity contribution in [2.24, 2.45) is 11.1 Å². The quantitative estimate of drug-likeness (QED) is 0.303. The van der Waals surface area contributed by atoms with Crippen molar-refractivity contribution in [1.82, 2.24) is 15.1 Å². The van der Waals surface area contributed by atoms with Gasteiger partial charge in [0.05, 0.1) is 43.8 Å². The number of carbonyl (C=O) groups is 3. The lowest BCUT2D eigenvalue weighted by Crippen LogP contribution is -2.26. The molecule has 2 atom stereocenters. The lowest BCUT2D eigenvalue weighted by molar-refractivity contribution is -0.152. The van der Waals surface area contributed by atoms with Crippen molar-refractivity contribution < 1.29 is 28.6 Å². The van der Waals surface area contributed by atoms with Crippen LogP contribution >= 0.6 is 0 Å². The Balaban J connectivity index is 2.06. The van der Waals surface area contributed by atoms with Crippen LogP contribution in [0.1, 0.15) is 67.7 Å². The van der Waals surface area contributed by atoms with Crippen molar-refractivity contribution in [3.63, 3.8) is 0 Å². The molecule has 2 aromatic rings. The maximum absolute atomic E-state index is 13.0. The van der Waals surface area contributed by atoms with Crippen LogP contribution in [-0.2, 0) is 14.3 Å². The topological polar surface area (TPSA) is 147 Å². The summed E-state index contributed by atoms with van der Waals surface area (Å²) in [5.41, 5.74) is 6.17. The van der Waals surface area contributed by atoms with E-state index in [1.165, 1.54) is 21.1 Å². The van der Waals surface area contributed by atoms with E-state index >= 15 is 0 Å². The Morgan fingerprint density at radius 2 is 1.84 bits per heavy atom. The van der Waals surface area contributed by atoms with E-state index in [1.54, 1.807) is 43.7 Å². The second-order valence-electron chi connectivity index (χ2n) is 10.1. The molecule has 0 spiro atoms. The molecule has 1 aromatic carbocycles. The SMILES string of the molecule is COc1cc(OC)cc(C(C(C)=O)c2nn([C@H]3CCNC3)c(NCCOC(=O)C(C)(C)C)c2C(N)=O)c1. The van der Waals surface area contributed by atoms with Crippen LogP contribution in [0.3, 0.4) is 0 Å². The molecule has 1 unspecified atom stereocenters. The standard InChI is InChI=1S/C26H37N5O6/c1-15(32)20(16-11-18(35-5)13-19(12-16)36-6)22-21(23(27)33)24(31(30-22)17-7-8-28-14-17)29-9-10-37-25(34)26(2,3)4/h11-13,17,20,28-29H,7-10,14H2,1-6H3,(H2,27,33)/t17-,20?/m0/s1. The fourth-order valence-corrected chi connectivity index (χ4v) is 4.29. The van der Waals surface area contributed by atoms with E-state index in [-0.39, 0.29) is 42.2 Å². The molecule has 1 amide bonds. The molecule has 4 N–H and O–H groups in total. The molecule has 1 aliphatic rings. The molecule has 0 saturated carbocycles. The molecule has 1 aliphatic heterocycles. The van der Waals surface area contributed by atoms with Gasteiger partial charge in [-0.1, -0.05) is 0 Å². The van der Waals surface area contributed by atoms with E-state index in [0.717, 1.165) is 13.0 Å². The van der Waals surface area contributed by atoms with Gasteiger partial charge in [0, 0.05) is 12.6 Å². The lowest BCUT2D eigenvalue weighted by Gasteiger charge is -2.18. The van der Waals surface area contributed by atoms with Gasteiger partial charge in [-0.25, -0.2) is 4.68 Å². The predicted molar refractivity (Wildman–Crippen MR) is 138 cm³/mol. The number of amides is 1. The number of ketones is 1. The third-order valence-electron chi connectivity index (χ3n) is 6.19. The minimum Gasteiger partial charge on any atom is -0.497 e. The Labute approximate surface area is 217 Å². The Hall–Kier alpha value is -3.60. The number of nitrogens with two attached hydrogens (primary N) is 1. The first kappa shape index (κ1) is 28.0. The van der Waals surface area contributed by atoms with Crippen molar-refractivity contribution in [2.75, 3.05) is 45.8 Å². The zero-order valence-electron chi connectivity index (χ0n) is 22.3.